The molecule has 0 amide bonds. The van der Waals surface area contributed by atoms with E-state index in [2.05, 4.69) is 36.4 Å². The van der Waals surface area contributed by atoms with Gasteiger partial charge in [0, 0.05) is 11.5 Å². The van der Waals surface area contributed by atoms with Crippen molar-refractivity contribution >= 4 is 5.97 Å². The van der Waals surface area contributed by atoms with Gasteiger partial charge in [0.2, 0.25) is 0 Å². The minimum absolute atomic E-state index is 0.0499. The van der Waals surface area contributed by atoms with E-state index in [-0.39, 0.29) is 18.1 Å². The zero-order chi connectivity index (χ0) is 25.3. The Hall–Kier alpha value is -3.31. The van der Waals surface area contributed by atoms with Gasteiger partial charge in [-0.15, -0.1) is 0 Å². The number of carboxylic acid groups (broad SMARTS) is 1. The maximum absolute atomic E-state index is 12.3. The zero-order valence-electron chi connectivity index (χ0n) is 21.1. The van der Waals surface area contributed by atoms with E-state index >= 15 is 0 Å². The molecule has 0 bridgehead atoms. The van der Waals surface area contributed by atoms with E-state index in [1.54, 1.807) is 7.11 Å². The van der Waals surface area contributed by atoms with Crippen molar-refractivity contribution in [2.24, 2.45) is 11.8 Å². The summed E-state index contributed by atoms with van der Waals surface area (Å²) in [6.45, 7) is 4.09. The third-order valence-corrected chi connectivity index (χ3v) is 7.71. The Morgan fingerprint density at radius 2 is 1.78 bits per heavy atom. The largest absolute Gasteiger partial charge is 0.497 e. The lowest BCUT2D eigenvalue weighted by molar-refractivity contribution is -0.188. The number of benzene rings is 3. The van der Waals surface area contributed by atoms with Crippen molar-refractivity contribution in [2.75, 3.05) is 7.11 Å². The van der Waals surface area contributed by atoms with Crippen molar-refractivity contribution < 1.29 is 24.1 Å². The lowest BCUT2D eigenvalue weighted by Gasteiger charge is -2.50. The molecule has 188 valence electrons. The van der Waals surface area contributed by atoms with Gasteiger partial charge in [-0.3, -0.25) is 4.79 Å². The highest BCUT2D eigenvalue weighted by Crippen LogP contribution is 2.52. The van der Waals surface area contributed by atoms with Crippen LogP contribution in [-0.2, 0) is 22.4 Å². The van der Waals surface area contributed by atoms with Crippen LogP contribution in [-0.4, -0.2) is 29.9 Å². The van der Waals surface area contributed by atoms with Crippen LogP contribution in [0.15, 0.2) is 72.8 Å². The lowest BCUT2D eigenvalue weighted by atomic mass is 9.71. The predicted molar refractivity (Wildman–Crippen MR) is 139 cm³/mol. The average Bonchev–Trinajstić information content (AvgIpc) is 2.88. The van der Waals surface area contributed by atoms with E-state index in [0.717, 1.165) is 35.5 Å². The first-order valence-electron chi connectivity index (χ1n) is 12.7. The highest BCUT2D eigenvalue weighted by atomic mass is 16.5. The number of aliphatic carboxylic acids is 1. The molecule has 2 aliphatic heterocycles. The first kappa shape index (κ1) is 24.4. The number of hydrogen-bond donors (Lipinski definition) is 1. The van der Waals surface area contributed by atoms with Crippen molar-refractivity contribution in [1.29, 1.82) is 0 Å². The molecule has 0 radical (unpaired) electrons. The number of rotatable bonds is 7. The number of carboxylic acids is 1. The zero-order valence-corrected chi connectivity index (χ0v) is 21.1. The molecule has 5 nitrogen and oxygen atoms in total. The molecule has 0 aromatic heterocycles. The van der Waals surface area contributed by atoms with Gasteiger partial charge in [0.1, 0.15) is 17.1 Å². The van der Waals surface area contributed by atoms with Crippen molar-refractivity contribution in [1.82, 2.24) is 0 Å². The van der Waals surface area contributed by atoms with E-state index in [1.807, 2.05) is 50.2 Å². The smallest absolute Gasteiger partial charge is 0.309 e. The molecule has 2 heterocycles. The molecule has 0 unspecified atom stereocenters. The SMILES string of the molecule is COc1cccc(CC[C@@H]2O[C@@H]3c4cc(Cc5ccccc5)ccc4OC(C)(C)[C@H]3C[C@H]2C(=O)O)c1. The van der Waals surface area contributed by atoms with Gasteiger partial charge in [-0.25, -0.2) is 0 Å². The Morgan fingerprint density at radius 3 is 2.53 bits per heavy atom. The molecule has 5 rings (SSSR count). The maximum Gasteiger partial charge on any atom is 0.309 e. The molecule has 3 aromatic rings. The van der Waals surface area contributed by atoms with Crippen LogP contribution in [0.2, 0.25) is 0 Å². The normalized spacial score (nSPS) is 24.2. The molecule has 5 heteroatoms. The number of aryl methyl sites for hydroxylation is 1. The van der Waals surface area contributed by atoms with Gasteiger partial charge in [-0.05, 0) is 80.5 Å². The Kier molecular flexibility index (Phi) is 6.76. The Balaban J connectivity index is 1.42. The van der Waals surface area contributed by atoms with Gasteiger partial charge in [-0.2, -0.15) is 0 Å². The Morgan fingerprint density at radius 1 is 1.00 bits per heavy atom. The highest BCUT2D eigenvalue weighted by Gasteiger charge is 2.51. The standard InChI is InChI=1S/C31H34O5/c1-31(2)26-19-25(30(32)33)27(14-12-21-10-7-11-23(17-21)34-3)35-29(26)24-18-22(13-15-28(24)36-31)16-20-8-5-4-6-9-20/h4-11,13,15,17-18,25-27,29H,12,14,16,19H2,1-3H3,(H,32,33)/t25-,26+,27+,29-/m1/s1. The third-order valence-electron chi connectivity index (χ3n) is 7.71. The van der Waals surface area contributed by atoms with E-state index in [0.29, 0.717) is 12.8 Å². The van der Waals surface area contributed by atoms with Gasteiger partial charge in [-0.1, -0.05) is 48.5 Å². The summed E-state index contributed by atoms with van der Waals surface area (Å²) >= 11 is 0. The van der Waals surface area contributed by atoms with Crippen LogP contribution in [0, 0.1) is 11.8 Å². The van der Waals surface area contributed by atoms with Crippen LogP contribution >= 0.6 is 0 Å². The minimum atomic E-state index is -0.802. The summed E-state index contributed by atoms with van der Waals surface area (Å²) < 4.78 is 18.5. The van der Waals surface area contributed by atoms with Crippen LogP contribution in [0.1, 0.15) is 55.0 Å². The molecule has 1 fully saturated rings. The van der Waals surface area contributed by atoms with Crippen LogP contribution in [0.3, 0.4) is 0 Å². The second-order valence-corrected chi connectivity index (χ2v) is 10.5. The molecule has 36 heavy (non-hydrogen) atoms. The fraction of sp³-hybridized carbons (Fsp3) is 0.387. The molecular formula is C31H34O5. The van der Waals surface area contributed by atoms with Crippen molar-refractivity contribution in [3.8, 4) is 11.5 Å². The monoisotopic (exact) mass is 486 g/mol. The summed E-state index contributed by atoms with van der Waals surface area (Å²) in [5, 5.41) is 10.1. The van der Waals surface area contributed by atoms with E-state index in [9.17, 15) is 9.90 Å². The Labute approximate surface area is 213 Å². The Bertz CT molecular complexity index is 1220. The first-order valence-corrected chi connectivity index (χ1v) is 12.7. The molecule has 2 aliphatic rings. The highest BCUT2D eigenvalue weighted by molar-refractivity contribution is 5.71. The van der Waals surface area contributed by atoms with E-state index in [4.69, 9.17) is 14.2 Å². The second kappa shape index (κ2) is 9.98. The quantitative estimate of drug-likeness (QED) is 0.428. The van der Waals surface area contributed by atoms with E-state index in [1.165, 1.54) is 11.1 Å². The molecule has 3 aromatic carbocycles. The summed E-state index contributed by atoms with van der Waals surface area (Å²) in [4.78, 5) is 12.3. The van der Waals surface area contributed by atoms with Gasteiger partial charge in [0.25, 0.3) is 0 Å². The summed E-state index contributed by atoms with van der Waals surface area (Å²) in [5.74, 6) is 0.208. The van der Waals surface area contributed by atoms with Gasteiger partial charge in [0.05, 0.1) is 25.2 Å². The topological polar surface area (TPSA) is 65.0 Å². The molecule has 0 saturated carbocycles. The number of ether oxygens (including phenoxy) is 3. The lowest BCUT2D eigenvalue weighted by Crippen LogP contribution is -2.52. The summed E-state index contributed by atoms with van der Waals surface area (Å²) in [6.07, 6.45) is 2.13. The molecule has 0 aliphatic carbocycles. The van der Waals surface area contributed by atoms with Gasteiger partial charge < -0.3 is 19.3 Å². The third kappa shape index (κ3) is 4.98. The second-order valence-electron chi connectivity index (χ2n) is 10.5. The molecule has 1 N–H and O–H groups in total. The van der Waals surface area contributed by atoms with Gasteiger partial charge >= 0.3 is 5.97 Å². The first-order chi connectivity index (χ1) is 17.3. The molecular weight excluding hydrogens is 452 g/mol. The predicted octanol–water partition coefficient (Wildman–Crippen LogP) is 6.24. The number of carbonyl (C=O) groups is 1. The van der Waals surface area contributed by atoms with Crippen molar-refractivity contribution in [3.05, 3.63) is 95.1 Å². The molecule has 0 spiro atoms. The van der Waals surface area contributed by atoms with Crippen molar-refractivity contribution in [2.45, 2.75) is 57.3 Å². The average molecular weight is 487 g/mol. The van der Waals surface area contributed by atoms with Crippen molar-refractivity contribution in [3.63, 3.8) is 0 Å². The van der Waals surface area contributed by atoms with Crippen LogP contribution in [0.25, 0.3) is 0 Å². The maximum atomic E-state index is 12.3. The fourth-order valence-corrected chi connectivity index (χ4v) is 5.75. The number of hydrogen-bond acceptors (Lipinski definition) is 4. The van der Waals surface area contributed by atoms with Gasteiger partial charge in [0.15, 0.2) is 0 Å². The summed E-state index contributed by atoms with van der Waals surface area (Å²) in [6, 6.07) is 24.7. The fourth-order valence-electron chi connectivity index (χ4n) is 5.75. The van der Waals surface area contributed by atoms with E-state index < -0.39 is 17.5 Å². The van der Waals surface area contributed by atoms with Crippen LogP contribution in [0.5, 0.6) is 11.5 Å². The minimum Gasteiger partial charge on any atom is -0.497 e. The summed E-state index contributed by atoms with van der Waals surface area (Å²) in [7, 11) is 1.65. The van der Waals surface area contributed by atoms with Crippen LogP contribution < -0.4 is 9.47 Å². The molecule has 4 atom stereocenters. The summed E-state index contributed by atoms with van der Waals surface area (Å²) in [5.41, 5.74) is 4.06. The van der Waals surface area contributed by atoms with Crippen LogP contribution in [0.4, 0.5) is 0 Å². The number of methoxy groups -OCH3 is 1. The molecule has 1 saturated heterocycles. The number of fused-ring (bicyclic) bond motifs is 3.